The second-order valence-corrected chi connectivity index (χ2v) is 2.72. The van der Waals surface area contributed by atoms with Gasteiger partial charge >= 0.3 is 6.09 Å². The van der Waals surface area contributed by atoms with Crippen molar-refractivity contribution in [1.82, 2.24) is 10.3 Å². The van der Waals surface area contributed by atoms with Crippen LogP contribution in [0.25, 0.3) is 0 Å². The Morgan fingerprint density at radius 1 is 1.67 bits per heavy atom. The molecule has 1 heterocycles. The fourth-order valence-electron chi connectivity index (χ4n) is 0.553. The Bertz CT molecular complexity index is 321. The molecule has 4 N–H and O–H groups in total. The molecular formula is C5H5N3O3S. The Balaban J connectivity index is 2.72. The molecule has 0 fully saturated rings. The van der Waals surface area contributed by atoms with Crippen LogP contribution in [0, 0.1) is 0 Å². The summed E-state index contributed by atoms with van der Waals surface area (Å²) in [5.41, 5.74) is 5.24. The summed E-state index contributed by atoms with van der Waals surface area (Å²) in [5.74, 6) is -0.768. The number of amides is 2. The summed E-state index contributed by atoms with van der Waals surface area (Å²) in [6.45, 7) is 0. The van der Waals surface area contributed by atoms with Crippen molar-refractivity contribution in [1.29, 1.82) is 0 Å². The van der Waals surface area contributed by atoms with Crippen LogP contribution in [0.5, 0.6) is 0 Å². The van der Waals surface area contributed by atoms with Gasteiger partial charge in [-0.3, -0.25) is 10.1 Å². The number of thiazole rings is 1. The molecule has 0 aliphatic rings. The molecule has 0 spiro atoms. The molecule has 64 valence electrons. The smallest absolute Gasteiger partial charge is 0.411 e. The van der Waals surface area contributed by atoms with Crippen molar-refractivity contribution in [3.8, 4) is 0 Å². The molecule has 7 heteroatoms. The number of carbonyl (C=O) groups excluding carboxylic acids is 1. The number of hydrogen-bond acceptors (Lipinski definition) is 5. The normalized spacial score (nSPS) is 9.33. The predicted molar refractivity (Wildman–Crippen MR) is 42.0 cm³/mol. The molecule has 0 aliphatic heterocycles. The van der Waals surface area contributed by atoms with Gasteiger partial charge in [-0.2, -0.15) is 0 Å². The summed E-state index contributed by atoms with van der Waals surface area (Å²) in [6, 6.07) is 0. The number of nitrogens with two attached hydrogens (primary N) is 1. The van der Waals surface area contributed by atoms with Crippen LogP contribution in [0.3, 0.4) is 0 Å². The Labute approximate surface area is 71.0 Å². The minimum atomic E-state index is -1.41. The summed E-state index contributed by atoms with van der Waals surface area (Å²) in [5, 5.41) is 11.4. The number of carbonyl (C=O) groups is 2. The van der Waals surface area contributed by atoms with Crippen molar-refractivity contribution in [2.45, 2.75) is 0 Å². The third kappa shape index (κ3) is 1.92. The van der Waals surface area contributed by atoms with E-state index in [2.05, 4.69) is 4.98 Å². The number of rotatable bonds is 1. The van der Waals surface area contributed by atoms with Crippen LogP contribution in [-0.2, 0) is 0 Å². The van der Waals surface area contributed by atoms with Gasteiger partial charge in [-0.1, -0.05) is 0 Å². The lowest BCUT2D eigenvalue weighted by molar-refractivity contribution is 0.0944. The van der Waals surface area contributed by atoms with Crippen LogP contribution >= 0.6 is 11.3 Å². The molecule has 1 aromatic rings. The topological polar surface area (TPSA) is 105 Å². The van der Waals surface area contributed by atoms with E-state index in [1.165, 1.54) is 5.38 Å². The van der Waals surface area contributed by atoms with Crippen molar-refractivity contribution in [3.05, 3.63) is 11.1 Å². The second kappa shape index (κ2) is 3.18. The molecule has 0 saturated heterocycles. The summed E-state index contributed by atoms with van der Waals surface area (Å²) in [6.07, 6.45) is -1.41. The average molecular weight is 187 g/mol. The van der Waals surface area contributed by atoms with Gasteiger partial charge in [0.15, 0.2) is 5.13 Å². The van der Waals surface area contributed by atoms with E-state index in [0.29, 0.717) is 0 Å². The molecule has 0 bridgehead atoms. The maximum absolute atomic E-state index is 10.9. The zero-order valence-corrected chi connectivity index (χ0v) is 6.59. The number of aromatic nitrogens is 1. The fourth-order valence-corrected chi connectivity index (χ4v) is 1.10. The van der Waals surface area contributed by atoms with Crippen molar-refractivity contribution < 1.29 is 14.7 Å². The van der Waals surface area contributed by atoms with Crippen molar-refractivity contribution in [2.75, 3.05) is 5.73 Å². The summed E-state index contributed by atoms with van der Waals surface area (Å²) in [4.78, 5) is 24.5. The number of nitrogens with zero attached hydrogens (tertiary/aromatic N) is 1. The highest BCUT2D eigenvalue weighted by Gasteiger charge is 2.11. The zero-order chi connectivity index (χ0) is 9.14. The minimum absolute atomic E-state index is 0.0138. The number of anilines is 1. The van der Waals surface area contributed by atoms with Crippen molar-refractivity contribution >= 4 is 28.5 Å². The van der Waals surface area contributed by atoms with Gasteiger partial charge in [-0.25, -0.2) is 9.78 Å². The highest BCUT2D eigenvalue weighted by atomic mass is 32.1. The van der Waals surface area contributed by atoms with Gasteiger partial charge in [-0.05, 0) is 0 Å². The molecule has 0 atom stereocenters. The van der Waals surface area contributed by atoms with E-state index in [4.69, 9.17) is 10.8 Å². The number of imide groups is 1. The zero-order valence-electron chi connectivity index (χ0n) is 5.77. The van der Waals surface area contributed by atoms with E-state index in [1.54, 1.807) is 5.32 Å². The second-order valence-electron chi connectivity index (χ2n) is 1.83. The van der Waals surface area contributed by atoms with Crippen LogP contribution in [0.4, 0.5) is 9.93 Å². The fraction of sp³-hybridized carbons (Fsp3) is 0. The summed E-state index contributed by atoms with van der Waals surface area (Å²) >= 11 is 1.07. The molecule has 0 unspecified atom stereocenters. The van der Waals surface area contributed by atoms with Crippen molar-refractivity contribution in [2.24, 2.45) is 0 Å². The Kier molecular flexibility index (Phi) is 2.24. The van der Waals surface area contributed by atoms with Crippen LogP contribution in [0.15, 0.2) is 5.38 Å². The highest BCUT2D eigenvalue weighted by Crippen LogP contribution is 2.10. The minimum Gasteiger partial charge on any atom is -0.465 e. The summed E-state index contributed by atoms with van der Waals surface area (Å²) in [7, 11) is 0. The Morgan fingerprint density at radius 3 is 2.75 bits per heavy atom. The molecule has 0 aromatic carbocycles. The van der Waals surface area contributed by atoms with E-state index in [0.717, 1.165) is 11.3 Å². The van der Waals surface area contributed by atoms with Crippen LogP contribution in [-0.4, -0.2) is 22.1 Å². The van der Waals surface area contributed by atoms with E-state index < -0.39 is 12.0 Å². The SMILES string of the molecule is Nc1nc(C(=O)NC(=O)O)cs1. The maximum atomic E-state index is 10.9. The predicted octanol–water partition coefficient (Wildman–Crippen LogP) is 0.133. The van der Waals surface area contributed by atoms with Gasteiger partial charge in [0.1, 0.15) is 5.69 Å². The monoisotopic (exact) mass is 187 g/mol. The maximum Gasteiger partial charge on any atom is 0.411 e. The first-order chi connectivity index (χ1) is 5.59. The summed E-state index contributed by atoms with van der Waals surface area (Å²) < 4.78 is 0. The van der Waals surface area contributed by atoms with Gasteiger partial charge in [0.2, 0.25) is 0 Å². The van der Waals surface area contributed by atoms with Crippen LogP contribution in [0.2, 0.25) is 0 Å². The highest BCUT2D eigenvalue weighted by molar-refractivity contribution is 7.13. The van der Waals surface area contributed by atoms with E-state index >= 15 is 0 Å². The molecular weight excluding hydrogens is 182 g/mol. The van der Waals surface area contributed by atoms with Gasteiger partial charge < -0.3 is 10.8 Å². The van der Waals surface area contributed by atoms with Gasteiger partial charge in [0, 0.05) is 5.38 Å². The Hall–Kier alpha value is -1.63. The van der Waals surface area contributed by atoms with Gasteiger partial charge in [0.25, 0.3) is 5.91 Å². The lowest BCUT2D eigenvalue weighted by Crippen LogP contribution is -2.28. The van der Waals surface area contributed by atoms with E-state index in [-0.39, 0.29) is 10.8 Å². The van der Waals surface area contributed by atoms with Crippen LogP contribution in [0.1, 0.15) is 10.5 Å². The number of nitrogens with one attached hydrogen (secondary N) is 1. The largest absolute Gasteiger partial charge is 0.465 e. The Morgan fingerprint density at radius 2 is 2.33 bits per heavy atom. The first-order valence-corrected chi connectivity index (χ1v) is 3.73. The number of nitrogen functional groups attached to an aromatic ring is 1. The quantitative estimate of drug-likeness (QED) is 0.579. The molecule has 0 aliphatic carbocycles. The molecule has 2 amide bonds. The van der Waals surface area contributed by atoms with Gasteiger partial charge in [0.05, 0.1) is 0 Å². The first kappa shape index (κ1) is 8.47. The molecule has 0 saturated carbocycles. The molecule has 12 heavy (non-hydrogen) atoms. The van der Waals surface area contributed by atoms with Crippen LogP contribution < -0.4 is 11.1 Å². The van der Waals surface area contributed by atoms with Gasteiger partial charge in [-0.15, -0.1) is 11.3 Å². The standard InChI is InChI=1S/C5H5N3O3S/c6-4-7-2(1-12-4)3(9)8-5(10)11/h1H,(H2,6,7)(H,8,9)(H,10,11). The third-order valence-electron chi connectivity index (χ3n) is 0.975. The first-order valence-electron chi connectivity index (χ1n) is 2.85. The molecule has 1 rings (SSSR count). The molecule has 0 radical (unpaired) electrons. The lowest BCUT2D eigenvalue weighted by Gasteiger charge is -1.93. The lowest BCUT2D eigenvalue weighted by atomic mass is 10.5. The number of hydrogen-bond donors (Lipinski definition) is 3. The molecule has 6 nitrogen and oxygen atoms in total. The van der Waals surface area contributed by atoms with E-state index in [1.807, 2.05) is 0 Å². The van der Waals surface area contributed by atoms with E-state index in [9.17, 15) is 9.59 Å². The van der Waals surface area contributed by atoms with Crippen molar-refractivity contribution in [3.63, 3.8) is 0 Å². The average Bonchev–Trinajstić information content (AvgIpc) is 2.34. The molecule has 1 aromatic heterocycles. The number of carboxylic acid groups (broad SMARTS) is 1. The third-order valence-corrected chi connectivity index (χ3v) is 1.65.